The van der Waals surface area contributed by atoms with Crippen LogP contribution < -0.4 is 11.1 Å². The van der Waals surface area contributed by atoms with Gasteiger partial charge >= 0.3 is 12.1 Å². The molecule has 1 atom stereocenters. The number of halogens is 3. The van der Waals surface area contributed by atoms with E-state index in [-0.39, 0.29) is 19.1 Å². The van der Waals surface area contributed by atoms with Gasteiger partial charge in [0.05, 0.1) is 0 Å². The molecule has 1 amide bonds. The fraction of sp³-hybridized carbons (Fsp3) is 0.900. The molecule has 0 radical (unpaired) electrons. The summed E-state index contributed by atoms with van der Waals surface area (Å²) >= 11 is 0. The normalized spacial score (nSPS) is 21.6. The molecule has 0 aliphatic carbocycles. The van der Waals surface area contributed by atoms with Crippen LogP contribution in [0.25, 0.3) is 0 Å². The second kappa shape index (κ2) is 6.20. The lowest BCUT2D eigenvalue weighted by atomic mass is 10.1. The van der Waals surface area contributed by atoms with E-state index in [0.717, 1.165) is 17.7 Å². The predicted octanol–water partition coefficient (Wildman–Crippen LogP) is 0.478. The zero-order chi connectivity index (χ0) is 12.9. The van der Waals surface area contributed by atoms with Gasteiger partial charge in [0, 0.05) is 19.1 Å². The molecule has 7 heteroatoms. The van der Waals surface area contributed by atoms with Crippen LogP contribution in [0.5, 0.6) is 0 Å². The first-order valence-electron chi connectivity index (χ1n) is 5.74. The average molecular weight is 253 g/mol. The second-order valence-electron chi connectivity index (χ2n) is 4.18. The van der Waals surface area contributed by atoms with Gasteiger partial charge in [0.25, 0.3) is 0 Å². The van der Waals surface area contributed by atoms with Crippen LogP contribution in [0.15, 0.2) is 0 Å². The maximum atomic E-state index is 12.2. The standard InChI is InChI=1S/C10H18F3N3O/c11-10(12,13)9(17)16-6-1-3-8(7-16)15-5-2-4-14/h8,15H,1-7,14H2. The molecular formula is C10H18F3N3O. The first-order valence-corrected chi connectivity index (χ1v) is 5.74. The minimum absolute atomic E-state index is 0.0541. The van der Waals surface area contributed by atoms with Crippen LogP contribution >= 0.6 is 0 Å². The molecule has 1 aliphatic rings. The Hall–Kier alpha value is -0.820. The van der Waals surface area contributed by atoms with Crippen molar-refractivity contribution in [2.45, 2.75) is 31.5 Å². The number of carbonyl (C=O) groups is 1. The van der Waals surface area contributed by atoms with Gasteiger partial charge in [0.15, 0.2) is 0 Å². The number of amides is 1. The summed E-state index contributed by atoms with van der Waals surface area (Å²) in [6, 6.07) is -0.0541. The van der Waals surface area contributed by atoms with Gasteiger partial charge < -0.3 is 16.0 Å². The first kappa shape index (κ1) is 14.2. The lowest BCUT2D eigenvalue weighted by molar-refractivity contribution is -0.186. The van der Waals surface area contributed by atoms with Crippen molar-refractivity contribution in [2.75, 3.05) is 26.2 Å². The molecule has 3 N–H and O–H groups in total. The van der Waals surface area contributed by atoms with E-state index in [4.69, 9.17) is 5.73 Å². The minimum atomic E-state index is -4.76. The molecule has 0 spiro atoms. The monoisotopic (exact) mass is 253 g/mol. The Bertz CT molecular complexity index is 258. The SMILES string of the molecule is NCCCNC1CCCN(C(=O)C(F)(F)F)C1. The molecule has 1 aliphatic heterocycles. The number of carbonyl (C=O) groups excluding carboxylic acids is 1. The Morgan fingerprint density at radius 3 is 2.76 bits per heavy atom. The fourth-order valence-electron chi connectivity index (χ4n) is 1.92. The topological polar surface area (TPSA) is 58.4 Å². The number of piperidine rings is 1. The van der Waals surface area contributed by atoms with Crippen LogP contribution in [-0.2, 0) is 4.79 Å². The van der Waals surface area contributed by atoms with Gasteiger partial charge in [-0.25, -0.2) is 0 Å². The lowest BCUT2D eigenvalue weighted by Gasteiger charge is -2.33. The van der Waals surface area contributed by atoms with E-state index in [9.17, 15) is 18.0 Å². The van der Waals surface area contributed by atoms with Crippen molar-refractivity contribution < 1.29 is 18.0 Å². The highest BCUT2D eigenvalue weighted by molar-refractivity contribution is 5.82. The molecular weight excluding hydrogens is 235 g/mol. The highest BCUT2D eigenvalue weighted by Gasteiger charge is 2.43. The van der Waals surface area contributed by atoms with Crippen LogP contribution in [0.1, 0.15) is 19.3 Å². The maximum absolute atomic E-state index is 12.2. The molecule has 1 saturated heterocycles. The van der Waals surface area contributed by atoms with Crippen molar-refractivity contribution in [2.24, 2.45) is 5.73 Å². The molecule has 1 rings (SSSR count). The van der Waals surface area contributed by atoms with Crippen LogP contribution in [0.3, 0.4) is 0 Å². The summed E-state index contributed by atoms with van der Waals surface area (Å²) in [5, 5.41) is 3.12. The number of hydrogen-bond acceptors (Lipinski definition) is 3. The number of alkyl halides is 3. The third-order valence-electron chi connectivity index (χ3n) is 2.77. The van der Waals surface area contributed by atoms with Crippen LogP contribution in [-0.4, -0.2) is 49.2 Å². The summed E-state index contributed by atoms with van der Waals surface area (Å²) < 4.78 is 36.7. The van der Waals surface area contributed by atoms with Gasteiger partial charge in [-0.3, -0.25) is 4.79 Å². The second-order valence-corrected chi connectivity index (χ2v) is 4.18. The van der Waals surface area contributed by atoms with E-state index in [2.05, 4.69) is 5.32 Å². The number of nitrogens with two attached hydrogens (primary N) is 1. The van der Waals surface area contributed by atoms with Crippen LogP contribution in [0.4, 0.5) is 13.2 Å². The summed E-state index contributed by atoms with van der Waals surface area (Å²) in [5.41, 5.74) is 5.32. The number of nitrogens with zero attached hydrogens (tertiary/aromatic N) is 1. The highest BCUT2D eigenvalue weighted by Crippen LogP contribution is 2.21. The minimum Gasteiger partial charge on any atom is -0.333 e. The van der Waals surface area contributed by atoms with E-state index in [1.54, 1.807) is 0 Å². The van der Waals surface area contributed by atoms with Gasteiger partial charge in [-0.15, -0.1) is 0 Å². The van der Waals surface area contributed by atoms with E-state index in [1.807, 2.05) is 0 Å². The first-order chi connectivity index (χ1) is 7.95. The van der Waals surface area contributed by atoms with Crippen molar-refractivity contribution in [1.82, 2.24) is 10.2 Å². The Labute approximate surface area is 98.3 Å². The summed E-state index contributed by atoms with van der Waals surface area (Å²) in [6.45, 7) is 1.54. The molecule has 0 aromatic carbocycles. The average Bonchev–Trinajstić information content (AvgIpc) is 2.28. The molecule has 1 fully saturated rings. The van der Waals surface area contributed by atoms with E-state index < -0.39 is 12.1 Å². The van der Waals surface area contributed by atoms with Crippen molar-refractivity contribution in [3.8, 4) is 0 Å². The molecule has 0 saturated carbocycles. The molecule has 0 bridgehead atoms. The number of rotatable bonds is 4. The molecule has 4 nitrogen and oxygen atoms in total. The molecule has 100 valence electrons. The van der Waals surface area contributed by atoms with Crippen molar-refractivity contribution in [1.29, 1.82) is 0 Å². The van der Waals surface area contributed by atoms with E-state index in [1.165, 1.54) is 0 Å². The Morgan fingerprint density at radius 2 is 2.18 bits per heavy atom. The zero-order valence-electron chi connectivity index (χ0n) is 9.59. The third kappa shape index (κ3) is 4.51. The fourth-order valence-corrected chi connectivity index (χ4v) is 1.92. The summed E-state index contributed by atoms with van der Waals surface area (Å²) in [6.07, 6.45) is -2.59. The van der Waals surface area contributed by atoms with Gasteiger partial charge in [-0.2, -0.15) is 13.2 Å². The Kier molecular flexibility index (Phi) is 5.20. The lowest BCUT2D eigenvalue weighted by Crippen LogP contribution is -2.51. The zero-order valence-corrected chi connectivity index (χ0v) is 9.59. The third-order valence-corrected chi connectivity index (χ3v) is 2.77. The molecule has 1 heterocycles. The molecule has 0 aromatic heterocycles. The van der Waals surface area contributed by atoms with Gasteiger partial charge in [-0.1, -0.05) is 0 Å². The van der Waals surface area contributed by atoms with E-state index >= 15 is 0 Å². The van der Waals surface area contributed by atoms with E-state index in [0.29, 0.717) is 19.5 Å². The summed E-state index contributed by atoms with van der Waals surface area (Å²) in [7, 11) is 0. The Morgan fingerprint density at radius 1 is 1.47 bits per heavy atom. The number of nitrogens with one attached hydrogen (secondary N) is 1. The quantitative estimate of drug-likeness (QED) is 0.716. The maximum Gasteiger partial charge on any atom is 0.471 e. The van der Waals surface area contributed by atoms with Crippen molar-refractivity contribution in [3.05, 3.63) is 0 Å². The van der Waals surface area contributed by atoms with Crippen LogP contribution in [0.2, 0.25) is 0 Å². The molecule has 17 heavy (non-hydrogen) atoms. The van der Waals surface area contributed by atoms with Crippen molar-refractivity contribution >= 4 is 5.91 Å². The van der Waals surface area contributed by atoms with Gasteiger partial charge in [0.1, 0.15) is 0 Å². The Balaban J connectivity index is 2.41. The van der Waals surface area contributed by atoms with Gasteiger partial charge in [-0.05, 0) is 32.4 Å². The summed E-state index contributed by atoms with van der Waals surface area (Å²) in [5.74, 6) is -1.73. The van der Waals surface area contributed by atoms with Crippen molar-refractivity contribution in [3.63, 3.8) is 0 Å². The number of likely N-dealkylation sites (tertiary alicyclic amines) is 1. The van der Waals surface area contributed by atoms with Gasteiger partial charge in [0.2, 0.25) is 0 Å². The number of hydrogen-bond donors (Lipinski definition) is 2. The highest BCUT2D eigenvalue weighted by atomic mass is 19.4. The largest absolute Gasteiger partial charge is 0.471 e. The smallest absolute Gasteiger partial charge is 0.333 e. The molecule has 1 unspecified atom stereocenters. The molecule has 0 aromatic rings. The summed E-state index contributed by atoms with van der Waals surface area (Å²) in [4.78, 5) is 11.9. The van der Waals surface area contributed by atoms with Crippen LogP contribution in [0, 0.1) is 0 Å². The predicted molar refractivity (Wildman–Crippen MR) is 57.3 cm³/mol.